The molecule has 0 bridgehead atoms. The largest absolute Gasteiger partial charge is 0.337 e. The number of piperidine rings is 1. The van der Waals surface area contributed by atoms with Crippen molar-refractivity contribution in [1.29, 1.82) is 0 Å². The number of amides is 1. The number of rotatable bonds is 3. The number of likely N-dealkylation sites (N-methyl/N-ethyl adjacent to an activating group) is 1. The van der Waals surface area contributed by atoms with E-state index in [0.717, 1.165) is 26.2 Å². The van der Waals surface area contributed by atoms with Crippen molar-refractivity contribution < 1.29 is 14.6 Å². The predicted octanol–water partition coefficient (Wildman–Crippen LogP) is -1.56. The average molecular weight is 269 g/mol. The van der Waals surface area contributed by atoms with Crippen LogP contribution in [-0.2, 0) is 4.79 Å². The Morgan fingerprint density at radius 3 is 2.58 bits per heavy atom. The fourth-order valence-corrected chi connectivity index (χ4v) is 3.55. The Labute approximate surface area is 117 Å². The zero-order chi connectivity index (χ0) is 13.8. The molecule has 2 aliphatic heterocycles. The van der Waals surface area contributed by atoms with Gasteiger partial charge in [-0.05, 0) is 32.6 Å². The second-order valence-corrected chi connectivity index (χ2v) is 6.52. The van der Waals surface area contributed by atoms with Crippen LogP contribution in [0, 0.1) is 5.92 Å². The van der Waals surface area contributed by atoms with Gasteiger partial charge < -0.3 is 14.7 Å². The van der Waals surface area contributed by atoms with Gasteiger partial charge in [-0.15, -0.1) is 0 Å². The third-order valence-electron chi connectivity index (χ3n) is 5.05. The van der Waals surface area contributed by atoms with Crippen LogP contribution >= 0.6 is 0 Å². The Kier molecular flexibility index (Phi) is 5.22. The van der Waals surface area contributed by atoms with E-state index in [1.165, 1.54) is 37.4 Å². The monoisotopic (exact) mass is 269 g/mol. The van der Waals surface area contributed by atoms with Crippen LogP contribution in [0.3, 0.4) is 0 Å². The minimum absolute atomic E-state index is 0.156. The van der Waals surface area contributed by atoms with Crippen LogP contribution in [0.2, 0.25) is 0 Å². The molecule has 19 heavy (non-hydrogen) atoms. The molecule has 0 aliphatic carbocycles. The van der Waals surface area contributed by atoms with Gasteiger partial charge in [0.25, 0.3) is 5.91 Å². The Morgan fingerprint density at radius 2 is 2.00 bits per heavy atom. The second-order valence-electron chi connectivity index (χ2n) is 6.52. The van der Waals surface area contributed by atoms with Crippen molar-refractivity contribution >= 4 is 5.91 Å². The third kappa shape index (κ3) is 3.69. The number of carbonyl (C=O) groups is 1. The van der Waals surface area contributed by atoms with Gasteiger partial charge in [0.1, 0.15) is 26.2 Å². The highest BCUT2D eigenvalue weighted by molar-refractivity contribution is 5.80. The van der Waals surface area contributed by atoms with Gasteiger partial charge in [0, 0.05) is 13.1 Å². The number of carbonyl (C=O) groups excluding carboxylic acids is 1. The SMILES string of the molecule is CC[NH+]1CC[NH+]([C@@H](C)C(=O)N2CCC[C@H](C)C2)CC1. The van der Waals surface area contributed by atoms with Gasteiger partial charge in [-0.2, -0.15) is 0 Å². The summed E-state index contributed by atoms with van der Waals surface area (Å²) in [5, 5.41) is 0. The first-order valence-electron chi connectivity index (χ1n) is 8.08. The molecule has 0 unspecified atom stereocenters. The van der Waals surface area contributed by atoms with Crippen LogP contribution in [0.25, 0.3) is 0 Å². The van der Waals surface area contributed by atoms with Gasteiger partial charge >= 0.3 is 0 Å². The molecule has 4 nitrogen and oxygen atoms in total. The number of nitrogens with zero attached hydrogens (tertiary/aromatic N) is 1. The standard InChI is InChI=1S/C15H29N3O/c1-4-16-8-10-17(11-9-16)14(3)15(19)18-7-5-6-13(2)12-18/h13-14H,4-12H2,1-3H3/p+2/t13-,14-/m0/s1. The molecule has 2 fully saturated rings. The quantitative estimate of drug-likeness (QED) is 0.637. The van der Waals surface area contributed by atoms with Gasteiger partial charge in [0.05, 0.1) is 6.54 Å². The van der Waals surface area contributed by atoms with Crippen molar-refractivity contribution in [2.24, 2.45) is 5.92 Å². The lowest BCUT2D eigenvalue weighted by Crippen LogP contribution is -3.29. The lowest BCUT2D eigenvalue weighted by atomic mass is 9.99. The highest BCUT2D eigenvalue weighted by Gasteiger charge is 2.34. The molecule has 2 atom stereocenters. The molecule has 0 aromatic rings. The van der Waals surface area contributed by atoms with Gasteiger partial charge in [0.2, 0.25) is 0 Å². The van der Waals surface area contributed by atoms with Crippen molar-refractivity contribution in [2.75, 3.05) is 45.8 Å². The minimum atomic E-state index is 0.156. The van der Waals surface area contributed by atoms with Gasteiger partial charge in [-0.25, -0.2) is 0 Å². The molecule has 0 radical (unpaired) electrons. The first kappa shape index (κ1) is 14.8. The van der Waals surface area contributed by atoms with Crippen LogP contribution in [0.4, 0.5) is 0 Å². The summed E-state index contributed by atoms with van der Waals surface area (Å²) in [6, 6.07) is 0.156. The lowest BCUT2D eigenvalue weighted by molar-refractivity contribution is -1.02. The molecule has 2 N–H and O–H groups in total. The van der Waals surface area contributed by atoms with Crippen LogP contribution in [0.1, 0.15) is 33.6 Å². The summed E-state index contributed by atoms with van der Waals surface area (Å²) >= 11 is 0. The number of likely N-dealkylation sites (tertiary alicyclic amines) is 1. The molecule has 2 heterocycles. The molecule has 2 aliphatic rings. The Bertz CT molecular complexity index is 300. The summed E-state index contributed by atoms with van der Waals surface area (Å²) in [5.74, 6) is 1.07. The number of hydrogen-bond donors (Lipinski definition) is 2. The van der Waals surface area contributed by atoms with E-state index in [1.54, 1.807) is 4.90 Å². The van der Waals surface area contributed by atoms with E-state index >= 15 is 0 Å². The summed E-state index contributed by atoms with van der Waals surface area (Å²) in [4.78, 5) is 17.9. The summed E-state index contributed by atoms with van der Waals surface area (Å²) in [6.45, 7) is 14.6. The molecular weight excluding hydrogens is 238 g/mol. The summed E-state index contributed by atoms with van der Waals surface area (Å²) < 4.78 is 0. The predicted molar refractivity (Wildman–Crippen MR) is 76.4 cm³/mol. The summed E-state index contributed by atoms with van der Waals surface area (Å²) in [6.07, 6.45) is 2.46. The Morgan fingerprint density at radius 1 is 1.32 bits per heavy atom. The zero-order valence-electron chi connectivity index (χ0n) is 12.9. The zero-order valence-corrected chi connectivity index (χ0v) is 12.9. The van der Waals surface area contributed by atoms with E-state index in [2.05, 4.69) is 25.7 Å². The molecule has 2 rings (SSSR count). The molecule has 0 aromatic heterocycles. The maximum atomic E-state index is 12.6. The molecule has 2 saturated heterocycles. The van der Waals surface area contributed by atoms with E-state index in [0.29, 0.717) is 11.8 Å². The lowest BCUT2D eigenvalue weighted by Gasteiger charge is -2.36. The van der Waals surface area contributed by atoms with E-state index < -0.39 is 0 Å². The fourth-order valence-electron chi connectivity index (χ4n) is 3.55. The van der Waals surface area contributed by atoms with Crippen molar-refractivity contribution in [2.45, 2.75) is 39.7 Å². The summed E-state index contributed by atoms with van der Waals surface area (Å²) in [5.41, 5.74) is 0. The molecule has 0 aromatic carbocycles. The molecular formula is C15H31N3O+2. The molecule has 4 heteroatoms. The maximum absolute atomic E-state index is 12.6. The van der Waals surface area contributed by atoms with Crippen LogP contribution in [0.5, 0.6) is 0 Å². The van der Waals surface area contributed by atoms with Gasteiger partial charge in [-0.3, -0.25) is 4.79 Å². The molecule has 110 valence electrons. The maximum Gasteiger partial charge on any atom is 0.280 e. The highest BCUT2D eigenvalue weighted by Crippen LogP contribution is 2.15. The fraction of sp³-hybridized carbons (Fsp3) is 0.933. The van der Waals surface area contributed by atoms with Gasteiger partial charge in [0.15, 0.2) is 6.04 Å². The van der Waals surface area contributed by atoms with Crippen LogP contribution < -0.4 is 9.80 Å². The molecule has 0 spiro atoms. The smallest absolute Gasteiger partial charge is 0.280 e. The number of quaternary nitrogens is 2. The van der Waals surface area contributed by atoms with Crippen molar-refractivity contribution in [1.82, 2.24) is 4.90 Å². The minimum Gasteiger partial charge on any atom is -0.337 e. The number of nitrogens with one attached hydrogen (secondary N) is 2. The Hall–Kier alpha value is -0.610. The van der Waals surface area contributed by atoms with Gasteiger partial charge in [-0.1, -0.05) is 6.92 Å². The van der Waals surface area contributed by atoms with Crippen LogP contribution in [-0.4, -0.2) is 62.7 Å². The topological polar surface area (TPSA) is 29.2 Å². The van der Waals surface area contributed by atoms with Crippen LogP contribution in [0.15, 0.2) is 0 Å². The van der Waals surface area contributed by atoms with E-state index in [1.807, 2.05) is 0 Å². The number of hydrogen-bond acceptors (Lipinski definition) is 1. The third-order valence-corrected chi connectivity index (χ3v) is 5.05. The van der Waals surface area contributed by atoms with Crippen molar-refractivity contribution in [3.63, 3.8) is 0 Å². The van der Waals surface area contributed by atoms with Crippen molar-refractivity contribution in [3.05, 3.63) is 0 Å². The van der Waals surface area contributed by atoms with E-state index in [9.17, 15) is 4.79 Å². The first-order chi connectivity index (χ1) is 9.11. The number of piperazine rings is 1. The second kappa shape index (κ2) is 6.71. The van der Waals surface area contributed by atoms with Crippen molar-refractivity contribution in [3.8, 4) is 0 Å². The Balaban J connectivity index is 1.85. The van der Waals surface area contributed by atoms with E-state index in [4.69, 9.17) is 0 Å². The first-order valence-corrected chi connectivity index (χ1v) is 8.08. The molecule has 0 saturated carbocycles. The van der Waals surface area contributed by atoms with E-state index in [-0.39, 0.29) is 6.04 Å². The summed E-state index contributed by atoms with van der Waals surface area (Å²) in [7, 11) is 0. The average Bonchev–Trinajstić information content (AvgIpc) is 2.46. The molecule has 1 amide bonds. The normalized spacial score (nSPS) is 34.1. The highest BCUT2D eigenvalue weighted by atomic mass is 16.2.